The van der Waals surface area contributed by atoms with Crippen LogP contribution in [-0.4, -0.2) is 40.9 Å². The molecular formula is C25H25FN6O2. The number of carbonyl (C=O) groups is 2. The number of anilines is 4. The Balaban J connectivity index is 1.24. The highest BCUT2D eigenvalue weighted by Gasteiger charge is 2.41. The summed E-state index contributed by atoms with van der Waals surface area (Å²) in [6.07, 6.45) is 3.55. The first kappa shape index (κ1) is 21.8. The Kier molecular flexibility index (Phi) is 5.83. The van der Waals surface area contributed by atoms with Crippen molar-refractivity contribution in [3.8, 4) is 0 Å². The van der Waals surface area contributed by atoms with Gasteiger partial charge in [0.05, 0.1) is 6.20 Å². The summed E-state index contributed by atoms with van der Waals surface area (Å²) >= 11 is 0. The molecule has 0 aliphatic carbocycles. The maximum absolute atomic E-state index is 13.0. The molecule has 3 aromatic rings. The smallest absolute Gasteiger partial charge is 0.255 e. The van der Waals surface area contributed by atoms with Gasteiger partial charge in [-0.05, 0) is 61.7 Å². The van der Waals surface area contributed by atoms with E-state index in [4.69, 9.17) is 4.98 Å². The fourth-order valence-electron chi connectivity index (χ4n) is 4.45. The minimum atomic E-state index is -0.382. The van der Waals surface area contributed by atoms with Crippen LogP contribution in [0.5, 0.6) is 0 Å². The second-order valence-electron chi connectivity index (χ2n) is 8.35. The van der Waals surface area contributed by atoms with E-state index in [-0.39, 0.29) is 23.7 Å². The molecule has 0 spiro atoms. The molecule has 3 heterocycles. The molecule has 9 heteroatoms. The summed E-state index contributed by atoms with van der Waals surface area (Å²) in [5.41, 5.74) is 2.79. The number of hydrogen-bond donors (Lipinski definition) is 2. The lowest BCUT2D eigenvalue weighted by Gasteiger charge is -2.37. The van der Waals surface area contributed by atoms with Gasteiger partial charge in [0.1, 0.15) is 17.5 Å². The lowest BCUT2D eigenvalue weighted by atomic mass is 10.1. The first-order valence-corrected chi connectivity index (χ1v) is 11.4. The normalized spacial score (nSPS) is 16.8. The van der Waals surface area contributed by atoms with Gasteiger partial charge >= 0.3 is 0 Å². The minimum absolute atomic E-state index is 0.128. The average molecular weight is 461 g/mol. The molecule has 2 aliphatic heterocycles. The predicted molar refractivity (Wildman–Crippen MR) is 129 cm³/mol. The lowest BCUT2D eigenvalue weighted by molar-refractivity contribution is -0.119. The summed E-state index contributed by atoms with van der Waals surface area (Å²) in [7, 11) is 0. The molecule has 2 aromatic carbocycles. The zero-order valence-corrected chi connectivity index (χ0v) is 18.8. The summed E-state index contributed by atoms with van der Waals surface area (Å²) in [5, 5.41) is 6.05. The fraction of sp³-hybridized carbons (Fsp3) is 0.280. The lowest BCUT2D eigenvalue weighted by Crippen LogP contribution is -2.51. The van der Waals surface area contributed by atoms with E-state index in [0.717, 1.165) is 36.5 Å². The van der Waals surface area contributed by atoms with Crippen LogP contribution in [-0.2, 0) is 11.3 Å². The molecule has 2 N–H and O–H groups in total. The summed E-state index contributed by atoms with van der Waals surface area (Å²) in [6, 6.07) is 12.7. The van der Waals surface area contributed by atoms with Gasteiger partial charge in [-0.3, -0.25) is 9.59 Å². The molecule has 0 saturated carbocycles. The van der Waals surface area contributed by atoms with Crippen molar-refractivity contribution in [2.75, 3.05) is 33.5 Å². The maximum atomic E-state index is 13.0. The number of fused-ring (bicyclic) bond motifs is 3. The Morgan fingerprint density at radius 3 is 2.65 bits per heavy atom. The number of aromatic nitrogens is 2. The highest BCUT2D eigenvalue weighted by Crippen LogP contribution is 2.38. The van der Waals surface area contributed by atoms with Crippen LogP contribution in [0.15, 0.2) is 54.7 Å². The number of likely N-dealkylation sites (N-methyl/N-ethyl adjacent to an activating group) is 1. The van der Waals surface area contributed by atoms with Crippen LogP contribution in [0.4, 0.5) is 27.5 Å². The molecule has 1 saturated heterocycles. The third-order valence-corrected chi connectivity index (χ3v) is 6.20. The Morgan fingerprint density at radius 2 is 1.91 bits per heavy atom. The summed E-state index contributed by atoms with van der Waals surface area (Å²) < 4.78 is 13.0. The second kappa shape index (κ2) is 9.09. The number of rotatable bonds is 6. The molecule has 34 heavy (non-hydrogen) atoms. The van der Waals surface area contributed by atoms with Gasteiger partial charge in [0.15, 0.2) is 5.82 Å². The third kappa shape index (κ3) is 4.16. The van der Waals surface area contributed by atoms with Crippen LogP contribution in [0.25, 0.3) is 0 Å². The molecule has 1 fully saturated rings. The van der Waals surface area contributed by atoms with E-state index in [0.29, 0.717) is 30.3 Å². The molecule has 1 atom stereocenters. The van der Waals surface area contributed by atoms with Crippen molar-refractivity contribution in [1.82, 2.24) is 9.97 Å². The minimum Gasteiger partial charge on any atom is -0.350 e. The number of halogens is 1. The number of nitrogens with one attached hydrogen (secondary N) is 2. The van der Waals surface area contributed by atoms with Crippen LogP contribution in [0.1, 0.15) is 35.7 Å². The van der Waals surface area contributed by atoms with E-state index in [1.165, 1.54) is 24.3 Å². The summed E-state index contributed by atoms with van der Waals surface area (Å²) in [5.74, 6) is 0.758. The molecule has 1 aromatic heterocycles. The van der Waals surface area contributed by atoms with Crippen molar-refractivity contribution in [3.63, 3.8) is 0 Å². The Morgan fingerprint density at radius 1 is 1.15 bits per heavy atom. The molecule has 174 valence electrons. The summed E-state index contributed by atoms with van der Waals surface area (Å²) in [4.78, 5) is 38.1. The van der Waals surface area contributed by atoms with Gasteiger partial charge in [0, 0.05) is 30.9 Å². The number of benzene rings is 2. The van der Waals surface area contributed by atoms with Gasteiger partial charge in [0.2, 0.25) is 11.9 Å². The molecule has 0 bridgehead atoms. The zero-order valence-electron chi connectivity index (χ0n) is 18.8. The van der Waals surface area contributed by atoms with Crippen LogP contribution in [0, 0.1) is 5.82 Å². The topological polar surface area (TPSA) is 90.5 Å². The van der Waals surface area contributed by atoms with Gasteiger partial charge in [0.25, 0.3) is 5.91 Å². The Labute approximate surface area is 196 Å². The van der Waals surface area contributed by atoms with E-state index in [1.54, 1.807) is 11.1 Å². The summed E-state index contributed by atoms with van der Waals surface area (Å²) in [6.45, 7) is 3.88. The molecular weight excluding hydrogens is 435 g/mol. The van der Waals surface area contributed by atoms with E-state index >= 15 is 0 Å². The molecule has 5 rings (SSSR count). The van der Waals surface area contributed by atoms with E-state index in [1.807, 2.05) is 31.2 Å². The standard InChI is InChI=1S/C25H25FN6O2/c1-2-31-21-15-28-25(30-22(21)32-13-3-4-20(32)24(31)34)27-14-16-5-11-19(12-6-16)29-23(33)17-7-9-18(26)10-8-17/h5-12,15,20H,2-4,13-14H2,1H3,(H,29,33)(H,27,28,30)/t20-/m1/s1. The van der Waals surface area contributed by atoms with Crippen molar-refractivity contribution in [2.24, 2.45) is 0 Å². The van der Waals surface area contributed by atoms with E-state index in [9.17, 15) is 14.0 Å². The Bertz CT molecular complexity index is 1220. The van der Waals surface area contributed by atoms with Gasteiger partial charge in [-0.25, -0.2) is 9.37 Å². The molecule has 0 unspecified atom stereocenters. The van der Waals surface area contributed by atoms with Gasteiger partial charge in [-0.15, -0.1) is 0 Å². The van der Waals surface area contributed by atoms with Gasteiger partial charge < -0.3 is 20.4 Å². The number of nitrogens with zero attached hydrogens (tertiary/aromatic N) is 4. The fourth-order valence-corrected chi connectivity index (χ4v) is 4.45. The zero-order chi connectivity index (χ0) is 23.7. The number of carbonyl (C=O) groups excluding carboxylic acids is 2. The van der Waals surface area contributed by atoms with Crippen molar-refractivity contribution in [1.29, 1.82) is 0 Å². The van der Waals surface area contributed by atoms with Crippen LogP contribution >= 0.6 is 0 Å². The van der Waals surface area contributed by atoms with Crippen LogP contribution < -0.4 is 20.4 Å². The average Bonchev–Trinajstić information content (AvgIpc) is 3.35. The predicted octanol–water partition coefficient (Wildman–Crippen LogP) is 3.82. The van der Waals surface area contributed by atoms with E-state index < -0.39 is 0 Å². The number of amides is 2. The van der Waals surface area contributed by atoms with Crippen LogP contribution in [0.2, 0.25) is 0 Å². The highest BCUT2D eigenvalue weighted by atomic mass is 19.1. The Hall–Kier alpha value is -4.01. The first-order valence-electron chi connectivity index (χ1n) is 11.4. The van der Waals surface area contributed by atoms with Crippen molar-refractivity contribution in [3.05, 3.63) is 71.7 Å². The first-order chi connectivity index (χ1) is 16.5. The van der Waals surface area contributed by atoms with Crippen molar-refractivity contribution >= 4 is 35.0 Å². The highest BCUT2D eigenvalue weighted by molar-refractivity contribution is 6.05. The van der Waals surface area contributed by atoms with Gasteiger partial charge in [-0.2, -0.15) is 4.98 Å². The maximum Gasteiger partial charge on any atom is 0.255 e. The van der Waals surface area contributed by atoms with Crippen molar-refractivity contribution < 1.29 is 14.0 Å². The number of hydrogen-bond acceptors (Lipinski definition) is 6. The van der Waals surface area contributed by atoms with Gasteiger partial charge in [-0.1, -0.05) is 12.1 Å². The largest absolute Gasteiger partial charge is 0.350 e. The third-order valence-electron chi connectivity index (χ3n) is 6.20. The molecule has 0 radical (unpaired) electrons. The quantitative estimate of drug-likeness (QED) is 0.581. The van der Waals surface area contributed by atoms with E-state index in [2.05, 4.69) is 20.5 Å². The van der Waals surface area contributed by atoms with Crippen molar-refractivity contribution in [2.45, 2.75) is 32.4 Å². The molecule has 2 aliphatic rings. The molecule has 8 nitrogen and oxygen atoms in total. The van der Waals surface area contributed by atoms with Crippen LogP contribution in [0.3, 0.4) is 0 Å². The second-order valence-corrected chi connectivity index (χ2v) is 8.35. The molecule has 2 amide bonds. The monoisotopic (exact) mass is 460 g/mol. The SMILES string of the molecule is CCN1C(=O)[C@H]2CCCN2c2nc(NCc3ccc(NC(=O)c4ccc(F)cc4)cc3)ncc21.